The Bertz CT molecular complexity index is 4800. The SMILES string of the molecule is BCC1C(C2CC3C2C2C3C3C2C2C3C3C2C2C3C3C4C5C6C7C8C(C)C(C)C8C7C6C5C4C23)C2C1C1C2C2C1C1C2C2C1C1C2C2C1C1C2C2C1C1C2C2C1C1C2C2C1C1C2C2C1C1C3C4C5C6C7C8C9C%10C%11C%12C%13C%14C%15C%16C%17C%18C%19CC(CC(C)C%18C%17C%16C%15C%14C%13C%12C%11C%10C9C8C7C6C5C4C3C21)C%19. The van der Waals surface area contributed by atoms with Gasteiger partial charge in [-0.1, -0.05) is 27.1 Å². The first-order valence-corrected chi connectivity index (χ1v) is 52.1. The van der Waals surface area contributed by atoms with Crippen molar-refractivity contribution < 1.29 is 0 Å². The van der Waals surface area contributed by atoms with Crippen molar-refractivity contribution in [3.05, 3.63) is 0 Å². The quantitative estimate of drug-likeness (QED) is 0.191. The molecule has 2 bridgehead atoms. The molecule has 48 aliphatic carbocycles. The van der Waals surface area contributed by atoms with E-state index in [2.05, 4.69) is 28.6 Å². The molecule has 0 aromatic carbocycles. The summed E-state index contributed by atoms with van der Waals surface area (Å²) >= 11 is 0. The molecule has 0 N–H and O–H groups in total. The van der Waals surface area contributed by atoms with Crippen molar-refractivity contribution in [3.63, 3.8) is 0 Å². The van der Waals surface area contributed by atoms with Crippen LogP contribution >= 0.6 is 0 Å². The van der Waals surface area contributed by atoms with Gasteiger partial charge in [0.2, 0.25) is 0 Å². The number of hydrogen-bond donors (Lipinski definition) is 0. The Balaban J connectivity index is 0.268. The Kier molecular flexibility index (Phi) is 6.11. The molecule has 48 fully saturated rings. The minimum atomic E-state index is 1.09. The Morgan fingerprint density at radius 2 is 0.324 bits per heavy atom. The van der Waals surface area contributed by atoms with Crippen molar-refractivity contribution in [2.75, 3.05) is 0 Å². The summed E-state index contributed by atoms with van der Waals surface area (Å²) in [5.41, 5.74) is 0. The van der Waals surface area contributed by atoms with E-state index < -0.39 is 0 Å². The summed E-state index contributed by atoms with van der Waals surface area (Å²) in [6, 6.07) is 0. The maximum atomic E-state index is 2.76. The lowest BCUT2D eigenvalue weighted by Crippen LogP contribution is -2.99. The van der Waals surface area contributed by atoms with E-state index in [9.17, 15) is 0 Å². The van der Waals surface area contributed by atoms with Gasteiger partial charge in [-0.25, -0.2) is 0 Å². The molecule has 0 radical (unpaired) electrons. The Labute approximate surface area is 624 Å². The van der Waals surface area contributed by atoms with Gasteiger partial charge >= 0.3 is 0 Å². The minimum absolute atomic E-state index is 1.09. The molecule has 0 amide bonds. The van der Waals surface area contributed by atoms with Gasteiger partial charge in [0.05, 0.1) is 0 Å². The lowest BCUT2D eigenvalue weighted by molar-refractivity contribution is -0.557. The summed E-state index contributed by atoms with van der Waals surface area (Å²) in [5, 5.41) is 0. The van der Waals surface area contributed by atoms with Gasteiger partial charge in [0, 0.05) is 0 Å². The lowest BCUT2D eigenvalue weighted by Gasteiger charge is -3.02. The second-order valence-corrected chi connectivity index (χ2v) is 58.5. The molecule has 0 spiro atoms. The Morgan fingerprint density at radius 1 is 0.152 bits per heavy atom. The van der Waals surface area contributed by atoms with Crippen molar-refractivity contribution in [3.8, 4) is 0 Å². The average molecular weight is 1380 g/mol. The monoisotopic (exact) mass is 1380 g/mol. The van der Waals surface area contributed by atoms with E-state index >= 15 is 0 Å². The lowest BCUT2D eigenvalue weighted by atomic mass is 9.02. The van der Waals surface area contributed by atoms with Crippen LogP contribution in [0, 0.1) is 568 Å². The van der Waals surface area contributed by atoms with Crippen LogP contribution in [0.15, 0.2) is 0 Å². The molecule has 105 heavy (non-hydrogen) atoms. The van der Waals surface area contributed by atoms with Crippen LogP contribution in [0.4, 0.5) is 0 Å². The fourth-order valence-electron chi connectivity index (χ4n) is 67.2. The number of rotatable bonds is 2. The molecule has 94 atom stereocenters. The highest BCUT2D eigenvalue weighted by Crippen LogP contribution is 3.07. The summed E-state index contributed by atoms with van der Waals surface area (Å²) < 4.78 is 0. The molecule has 536 valence electrons. The highest BCUT2D eigenvalue weighted by molar-refractivity contribution is 6.08. The third-order valence-electron chi connectivity index (χ3n) is 65.6. The second-order valence-electron chi connectivity index (χ2n) is 58.5. The topological polar surface area (TPSA) is 0 Å². The first-order chi connectivity index (χ1) is 52.1. The van der Waals surface area contributed by atoms with Gasteiger partial charge in [-0.2, -0.15) is 0 Å². The largest absolute Gasteiger partial charge is 0.101 e. The van der Waals surface area contributed by atoms with Gasteiger partial charge in [-0.15, -0.1) is 0 Å². The van der Waals surface area contributed by atoms with Crippen LogP contribution in [-0.2, 0) is 0 Å². The van der Waals surface area contributed by atoms with E-state index in [1.807, 2.05) is 0 Å². The summed E-state index contributed by atoms with van der Waals surface area (Å²) in [6.45, 7) is 8.09. The van der Waals surface area contributed by atoms with Crippen LogP contribution < -0.4 is 0 Å². The van der Waals surface area contributed by atoms with Crippen molar-refractivity contribution in [1.29, 1.82) is 0 Å². The molecule has 1 heteroatoms. The van der Waals surface area contributed by atoms with Gasteiger partial charge in [-0.3, -0.25) is 0 Å². The standard InChI is InChI=1S/C104H117B/c1-9-4-12-5-13(6-12)20-17(9)25-28(20)36-33(25)41-44(36)52-49(41)57-60(52)65-64(57)68-69(65)73-72(68)76-77(73)81-80(76)84-85(81)89-88(84)92-93(89)97-96(92)100-101(97)103-99-95-91-87-83-79-75-71-67-63-56-48-40-32-24-16(8-105)22(30(24)38(32)46(40)54(48)62(56)66(63)70(67)74(71)78(75)82(79)86(83)90(87)94(91)98(95)102(99)104(100)103)14-7-15-21(14)29-23(15)31-37(29)45-39(31)47-53(45)61-55(47)58-50-42-34-26-18-10(2)11(3)19(18)27(26)35(34)43(42)51(50)59(58)61/h9-104H,4-8,105H2,1-3H3. The van der Waals surface area contributed by atoms with Gasteiger partial charge in [0.15, 0.2) is 0 Å². The van der Waals surface area contributed by atoms with Crippen molar-refractivity contribution in [2.45, 2.75) is 52.8 Å². The van der Waals surface area contributed by atoms with Gasteiger partial charge in [0.25, 0.3) is 0 Å². The van der Waals surface area contributed by atoms with Crippen molar-refractivity contribution in [1.82, 2.24) is 0 Å². The zero-order valence-electron chi connectivity index (χ0n) is 63.0. The molecule has 0 aliphatic heterocycles. The molecule has 0 saturated heterocycles. The molecule has 48 rings (SSSR count). The van der Waals surface area contributed by atoms with Gasteiger partial charge in [-0.05, 0) is 594 Å². The molecule has 0 heterocycles. The van der Waals surface area contributed by atoms with Crippen molar-refractivity contribution >= 4 is 7.85 Å². The first kappa shape index (κ1) is 49.9. The van der Waals surface area contributed by atoms with Gasteiger partial charge in [0.1, 0.15) is 7.85 Å². The van der Waals surface area contributed by atoms with E-state index in [0.29, 0.717) is 0 Å². The minimum Gasteiger partial charge on any atom is -0.0777 e. The van der Waals surface area contributed by atoms with Crippen molar-refractivity contribution in [2.24, 2.45) is 568 Å². The Hall–Kier alpha value is 0.0649. The zero-order chi connectivity index (χ0) is 63.0. The van der Waals surface area contributed by atoms with E-state index in [1.165, 1.54) is 550 Å². The summed E-state index contributed by atoms with van der Waals surface area (Å²) in [6.07, 6.45) is 8.38. The van der Waals surface area contributed by atoms with Crippen LogP contribution in [0.2, 0.25) is 6.32 Å². The molecular formula is C104H117B. The summed E-state index contributed by atoms with van der Waals surface area (Å²) in [4.78, 5) is 0. The van der Waals surface area contributed by atoms with Crippen LogP contribution in [-0.4, -0.2) is 7.85 Å². The van der Waals surface area contributed by atoms with Crippen LogP contribution in [0.1, 0.15) is 46.5 Å². The van der Waals surface area contributed by atoms with E-state index in [4.69, 9.17) is 0 Å². The predicted octanol–water partition coefficient (Wildman–Crippen LogP) is 14.5. The Morgan fingerprint density at radius 3 is 0.562 bits per heavy atom. The fourth-order valence-corrected chi connectivity index (χ4v) is 67.2. The predicted molar refractivity (Wildman–Crippen MR) is 384 cm³/mol. The maximum absolute atomic E-state index is 2.76. The maximum Gasteiger partial charge on any atom is 0.101 e. The molecule has 0 aromatic heterocycles. The number of fused-ring (bicyclic) bond motifs is 126. The zero-order valence-corrected chi connectivity index (χ0v) is 63.0. The molecule has 94 unspecified atom stereocenters. The van der Waals surface area contributed by atoms with E-state index in [1.54, 1.807) is 32.0 Å². The second kappa shape index (κ2) is 12.9. The van der Waals surface area contributed by atoms with Crippen LogP contribution in [0.5, 0.6) is 0 Å². The fraction of sp³-hybridized carbons (Fsp3) is 1.00. The highest BCUT2D eigenvalue weighted by atomic mass is 15.1. The van der Waals surface area contributed by atoms with E-state index in [0.717, 1.165) is 17.8 Å². The first-order valence-electron chi connectivity index (χ1n) is 52.1. The number of hydrogen-bond acceptors (Lipinski definition) is 0. The average Bonchev–Trinajstić information content (AvgIpc) is 0.711. The highest BCUT2D eigenvalue weighted by Gasteiger charge is 3.04. The third-order valence-corrected chi connectivity index (χ3v) is 65.6. The third kappa shape index (κ3) is 3.34. The normalized spacial score (nSPS) is 99.9. The smallest absolute Gasteiger partial charge is 0.0777 e. The van der Waals surface area contributed by atoms with Crippen LogP contribution in [0.3, 0.4) is 0 Å². The molecule has 0 nitrogen and oxygen atoms in total. The van der Waals surface area contributed by atoms with Gasteiger partial charge < -0.3 is 0 Å². The molecule has 48 saturated carbocycles. The molecule has 0 aromatic rings. The summed E-state index contributed by atoms with van der Waals surface area (Å²) in [5.74, 6) is 124. The summed E-state index contributed by atoms with van der Waals surface area (Å²) in [7, 11) is 2.74. The molecular weight excluding hydrogens is 1260 g/mol. The molecule has 48 aliphatic rings. The van der Waals surface area contributed by atoms with Crippen LogP contribution in [0.25, 0.3) is 0 Å². The van der Waals surface area contributed by atoms with E-state index in [-0.39, 0.29) is 0 Å².